The molecule has 0 radical (unpaired) electrons. The van der Waals surface area contributed by atoms with Gasteiger partial charge in [0.2, 0.25) is 0 Å². The lowest BCUT2D eigenvalue weighted by Crippen LogP contribution is -2.34. The Balaban J connectivity index is 1.76. The van der Waals surface area contributed by atoms with Gasteiger partial charge in [0.05, 0.1) is 6.04 Å². The summed E-state index contributed by atoms with van der Waals surface area (Å²) in [7, 11) is 0. The van der Waals surface area contributed by atoms with Gasteiger partial charge in [0, 0.05) is 12.8 Å². The van der Waals surface area contributed by atoms with E-state index in [1.807, 2.05) is 39.1 Å². The smallest absolute Gasteiger partial charge is 0.407 e. The van der Waals surface area contributed by atoms with Crippen molar-refractivity contribution in [1.82, 2.24) is 5.32 Å². The number of carbonyl (C=O) groups excluding carboxylic acids is 1. The number of alkyl carbamates (subject to hydrolysis) is 1. The number of rotatable bonds is 3. The number of fused-ring (bicyclic) bond motifs is 1. The van der Waals surface area contributed by atoms with E-state index in [1.54, 1.807) is 0 Å². The number of hydrogen-bond acceptors (Lipinski definition) is 3. The quantitative estimate of drug-likeness (QED) is 0.921. The fraction of sp³-hybridized carbons (Fsp3) is 0.500. The molecular formula is C16H22N2O2. The predicted molar refractivity (Wildman–Crippen MR) is 80.4 cm³/mol. The van der Waals surface area contributed by atoms with E-state index in [2.05, 4.69) is 22.4 Å². The molecule has 4 nitrogen and oxygen atoms in total. The number of benzene rings is 1. The molecule has 108 valence electrons. The van der Waals surface area contributed by atoms with Crippen molar-refractivity contribution in [1.29, 1.82) is 0 Å². The second-order valence-electron chi connectivity index (χ2n) is 6.05. The molecule has 4 heteroatoms. The number of ether oxygens (including phenoxy) is 1. The highest BCUT2D eigenvalue weighted by atomic mass is 16.6. The molecule has 2 rings (SSSR count). The van der Waals surface area contributed by atoms with Gasteiger partial charge in [0.1, 0.15) is 5.60 Å². The van der Waals surface area contributed by atoms with Gasteiger partial charge in [0.15, 0.2) is 0 Å². The average molecular weight is 274 g/mol. The number of nitrogens with one attached hydrogen (secondary N) is 1. The molecule has 1 aromatic carbocycles. The standard InChI is InChI=1S/C16H22N2O2/c1-16(2,3)20-15(19)17-9-8-14-10-12-6-4-5-7-13(12)11-18-14/h4-7,11,14H,8-10H2,1-3H3,(H,17,19)/t14-/m1/s1. The Hall–Kier alpha value is -1.84. The molecule has 0 aromatic heterocycles. The number of amides is 1. The SMILES string of the molecule is CC(C)(C)OC(=O)NCC[C@@H]1Cc2ccccc2C=N1. The normalized spacial score (nSPS) is 17.4. The van der Waals surface area contributed by atoms with Crippen LogP contribution in [-0.2, 0) is 11.2 Å². The van der Waals surface area contributed by atoms with Crippen LogP contribution in [-0.4, -0.2) is 30.5 Å². The van der Waals surface area contributed by atoms with Crippen LogP contribution >= 0.6 is 0 Å². The Morgan fingerprint density at radius 2 is 2.15 bits per heavy atom. The summed E-state index contributed by atoms with van der Waals surface area (Å²) in [6.45, 7) is 6.15. The second-order valence-corrected chi connectivity index (χ2v) is 6.05. The van der Waals surface area contributed by atoms with E-state index in [0.717, 1.165) is 12.8 Å². The Morgan fingerprint density at radius 1 is 1.40 bits per heavy atom. The van der Waals surface area contributed by atoms with Crippen molar-refractivity contribution in [2.75, 3.05) is 6.54 Å². The third-order valence-electron chi connectivity index (χ3n) is 3.08. The number of nitrogens with zero attached hydrogens (tertiary/aromatic N) is 1. The number of aliphatic imine (C=N–C) groups is 1. The fourth-order valence-corrected chi connectivity index (χ4v) is 2.17. The Morgan fingerprint density at radius 3 is 2.90 bits per heavy atom. The summed E-state index contributed by atoms with van der Waals surface area (Å²) < 4.78 is 5.19. The van der Waals surface area contributed by atoms with Crippen LogP contribution in [0.3, 0.4) is 0 Å². The molecule has 1 N–H and O–H groups in total. The van der Waals surface area contributed by atoms with Crippen LogP contribution in [0.4, 0.5) is 4.79 Å². The number of carbonyl (C=O) groups is 1. The van der Waals surface area contributed by atoms with Crippen molar-refractivity contribution < 1.29 is 9.53 Å². The van der Waals surface area contributed by atoms with Gasteiger partial charge in [-0.3, -0.25) is 4.99 Å². The van der Waals surface area contributed by atoms with Gasteiger partial charge < -0.3 is 10.1 Å². The Bertz CT molecular complexity index is 503. The van der Waals surface area contributed by atoms with E-state index in [0.29, 0.717) is 6.54 Å². The molecule has 0 saturated heterocycles. The zero-order valence-corrected chi connectivity index (χ0v) is 12.3. The van der Waals surface area contributed by atoms with Crippen molar-refractivity contribution in [2.24, 2.45) is 4.99 Å². The summed E-state index contributed by atoms with van der Waals surface area (Å²) in [5.74, 6) is 0. The fourth-order valence-electron chi connectivity index (χ4n) is 2.17. The monoisotopic (exact) mass is 274 g/mol. The summed E-state index contributed by atoms with van der Waals surface area (Å²) in [5.41, 5.74) is 2.07. The van der Waals surface area contributed by atoms with E-state index < -0.39 is 5.60 Å². The van der Waals surface area contributed by atoms with E-state index in [-0.39, 0.29) is 12.1 Å². The molecule has 0 saturated carbocycles. The molecular weight excluding hydrogens is 252 g/mol. The van der Waals surface area contributed by atoms with Crippen LogP contribution in [0.2, 0.25) is 0 Å². The number of hydrogen-bond donors (Lipinski definition) is 1. The highest BCUT2D eigenvalue weighted by molar-refractivity contribution is 5.83. The minimum atomic E-state index is -0.452. The minimum absolute atomic E-state index is 0.236. The molecule has 1 atom stereocenters. The van der Waals surface area contributed by atoms with Gasteiger partial charge in [0.25, 0.3) is 0 Å². The van der Waals surface area contributed by atoms with Crippen LogP contribution in [0, 0.1) is 0 Å². The third kappa shape index (κ3) is 4.37. The lowest BCUT2D eigenvalue weighted by Gasteiger charge is -2.21. The van der Waals surface area contributed by atoms with Crippen LogP contribution in [0.15, 0.2) is 29.3 Å². The van der Waals surface area contributed by atoms with Gasteiger partial charge in [-0.15, -0.1) is 0 Å². The zero-order chi connectivity index (χ0) is 14.6. The molecule has 0 unspecified atom stereocenters. The minimum Gasteiger partial charge on any atom is -0.444 e. The molecule has 0 spiro atoms. The summed E-state index contributed by atoms with van der Waals surface area (Å²) >= 11 is 0. The van der Waals surface area contributed by atoms with Gasteiger partial charge in [-0.25, -0.2) is 4.79 Å². The molecule has 1 aromatic rings. The van der Waals surface area contributed by atoms with E-state index in [9.17, 15) is 4.79 Å². The molecule has 0 bridgehead atoms. The second kappa shape index (κ2) is 6.07. The van der Waals surface area contributed by atoms with Gasteiger partial charge >= 0.3 is 6.09 Å². The maximum Gasteiger partial charge on any atom is 0.407 e. The first kappa shape index (κ1) is 14.6. The Kier molecular flexibility index (Phi) is 4.42. The zero-order valence-electron chi connectivity index (χ0n) is 12.3. The molecule has 1 heterocycles. The van der Waals surface area contributed by atoms with Crippen molar-refractivity contribution >= 4 is 12.3 Å². The van der Waals surface area contributed by atoms with E-state index in [4.69, 9.17) is 4.74 Å². The highest BCUT2D eigenvalue weighted by Gasteiger charge is 2.17. The first-order valence-electron chi connectivity index (χ1n) is 7.02. The molecule has 1 aliphatic rings. The molecule has 1 aliphatic heterocycles. The maximum atomic E-state index is 11.5. The first-order chi connectivity index (χ1) is 9.44. The van der Waals surface area contributed by atoms with Crippen molar-refractivity contribution in [3.63, 3.8) is 0 Å². The summed E-state index contributed by atoms with van der Waals surface area (Å²) in [5, 5.41) is 2.78. The van der Waals surface area contributed by atoms with Crippen LogP contribution < -0.4 is 5.32 Å². The lowest BCUT2D eigenvalue weighted by molar-refractivity contribution is 0.0526. The molecule has 0 fully saturated rings. The topological polar surface area (TPSA) is 50.7 Å². The van der Waals surface area contributed by atoms with Gasteiger partial charge in [-0.1, -0.05) is 24.3 Å². The largest absolute Gasteiger partial charge is 0.444 e. The van der Waals surface area contributed by atoms with Crippen molar-refractivity contribution in [3.05, 3.63) is 35.4 Å². The maximum absolute atomic E-state index is 11.5. The summed E-state index contributed by atoms with van der Waals surface area (Å²) in [4.78, 5) is 16.1. The molecule has 1 amide bonds. The first-order valence-corrected chi connectivity index (χ1v) is 7.02. The summed E-state index contributed by atoms with van der Waals surface area (Å²) in [6, 6.07) is 8.52. The highest BCUT2D eigenvalue weighted by Crippen LogP contribution is 2.17. The predicted octanol–water partition coefficient (Wildman–Crippen LogP) is 2.95. The molecule has 0 aliphatic carbocycles. The van der Waals surface area contributed by atoms with E-state index in [1.165, 1.54) is 11.1 Å². The van der Waals surface area contributed by atoms with Crippen molar-refractivity contribution in [3.8, 4) is 0 Å². The Labute approximate surface area is 120 Å². The van der Waals surface area contributed by atoms with Gasteiger partial charge in [-0.05, 0) is 44.7 Å². The average Bonchev–Trinajstić information content (AvgIpc) is 2.36. The lowest BCUT2D eigenvalue weighted by atomic mass is 9.96. The van der Waals surface area contributed by atoms with Crippen LogP contribution in [0.25, 0.3) is 0 Å². The van der Waals surface area contributed by atoms with Crippen LogP contribution in [0.5, 0.6) is 0 Å². The van der Waals surface area contributed by atoms with E-state index >= 15 is 0 Å². The van der Waals surface area contributed by atoms with Crippen LogP contribution in [0.1, 0.15) is 38.3 Å². The molecule has 20 heavy (non-hydrogen) atoms. The van der Waals surface area contributed by atoms with Gasteiger partial charge in [-0.2, -0.15) is 0 Å². The summed E-state index contributed by atoms with van der Waals surface area (Å²) in [6.07, 6.45) is 3.32. The van der Waals surface area contributed by atoms with Crippen molar-refractivity contribution in [2.45, 2.75) is 45.3 Å². The third-order valence-corrected chi connectivity index (χ3v) is 3.08.